The molecule has 1 amide bonds. The molecule has 1 aliphatic heterocycles. The summed E-state index contributed by atoms with van der Waals surface area (Å²) in [5.41, 5.74) is 2.86. The molecule has 0 aliphatic carbocycles. The lowest BCUT2D eigenvalue weighted by Gasteiger charge is -2.19. The summed E-state index contributed by atoms with van der Waals surface area (Å²) in [6.07, 6.45) is 1.80. The van der Waals surface area contributed by atoms with E-state index in [1.165, 1.54) is 0 Å². The van der Waals surface area contributed by atoms with Gasteiger partial charge in [-0.1, -0.05) is 30.3 Å². The van der Waals surface area contributed by atoms with Crippen LogP contribution in [0.15, 0.2) is 89.6 Å². The van der Waals surface area contributed by atoms with Gasteiger partial charge in [0.1, 0.15) is 23.0 Å². The van der Waals surface area contributed by atoms with Crippen molar-refractivity contribution in [1.82, 2.24) is 0 Å². The molecule has 4 rings (SSSR count). The zero-order chi connectivity index (χ0) is 20.2. The number of amidine groups is 1. The number of methoxy groups -OCH3 is 2. The third-order valence-electron chi connectivity index (χ3n) is 4.64. The Hall–Kier alpha value is -3.86. The largest absolute Gasteiger partial charge is 0.497 e. The predicted molar refractivity (Wildman–Crippen MR) is 114 cm³/mol. The van der Waals surface area contributed by atoms with E-state index in [1.807, 2.05) is 78.9 Å². The van der Waals surface area contributed by atoms with Crippen molar-refractivity contribution in [3.63, 3.8) is 0 Å². The second-order valence-corrected chi connectivity index (χ2v) is 6.44. The molecule has 3 aromatic carbocycles. The summed E-state index contributed by atoms with van der Waals surface area (Å²) in [6.45, 7) is 0. The predicted octanol–water partition coefficient (Wildman–Crippen LogP) is 4.54. The summed E-state index contributed by atoms with van der Waals surface area (Å²) < 4.78 is 10.5. The Labute approximate surface area is 169 Å². The first-order chi connectivity index (χ1) is 14.2. The van der Waals surface area contributed by atoms with Crippen LogP contribution >= 0.6 is 0 Å². The van der Waals surface area contributed by atoms with E-state index in [9.17, 15) is 4.79 Å². The molecular weight excluding hydrogens is 364 g/mol. The maximum absolute atomic E-state index is 13.3. The molecule has 0 atom stereocenters. The molecule has 144 valence electrons. The Morgan fingerprint density at radius 2 is 1.38 bits per heavy atom. The second kappa shape index (κ2) is 8.02. The Morgan fingerprint density at radius 1 is 0.793 bits per heavy atom. The quantitative estimate of drug-likeness (QED) is 0.607. The molecule has 0 saturated heterocycles. The van der Waals surface area contributed by atoms with Crippen LogP contribution in [0.1, 0.15) is 11.1 Å². The molecule has 0 N–H and O–H groups in total. The maximum Gasteiger partial charge on any atom is 0.282 e. The van der Waals surface area contributed by atoms with Crippen molar-refractivity contribution < 1.29 is 14.3 Å². The Kier molecular flexibility index (Phi) is 5.12. The van der Waals surface area contributed by atoms with E-state index in [1.54, 1.807) is 25.2 Å². The molecule has 0 radical (unpaired) electrons. The van der Waals surface area contributed by atoms with Crippen LogP contribution in [0.4, 0.5) is 5.69 Å². The van der Waals surface area contributed by atoms with E-state index >= 15 is 0 Å². The average Bonchev–Trinajstić information content (AvgIpc) is 3.10. The van der Waals surface area contributed by atoms with Gasteiger partial charge in [0.2, 0.25) is 0 Å². The number of hydrogen-bond donors (Lipinski definition) is 0. The third-order valence-corrected chi connectivity index (χ3v) is 4.64. The molecule has 5 nitrogen and oxygen atoms in total. The SMILES string of the molecule is COc1ccc(C2=N/C(=C/c3ccccc3)C(=O)N2c2ccc(OC)cc2)cc1. The van der Waals surface area contributed by atoms with Crippen LogP contribution in [0.25, 0.3) is 6.08 Å². The Balaban J connectivity index is 1.79. The van der Waals surface area contributed by atoms with Gasteiger partial charge in [0.15, 0.2) is 0 Å². The zero-order valence-electron chi connectivity index (χ0n) is 16.2. The van der Waals surface area contributed by atoms with E-state index in [2.05, 4.69) is 4.99 Å². The Morgan fingerprint density at radius 3 is 1.97 bits per heavy atom. The molecule has 1 aliphatic rings. The van der Waals surface area contributed by atoms with Gasteiger partial charge < -0.3 is 9.47 Å². The van der Waals surface area contributed by atoms with Gasteiger partial charge >= 0.3 is 0 Å². The van der Waals surface area contributed by atoms with Crippen LogP contribution in [-0.4, -0.2) is 26.0 Å². The third kappa shape index (κ3) is 3.75. The van der Waals surface area contributed by atoms with Crippen molar-refractivity contribution in [3.05, 3.63) is 95.7 Å². The van der Waals surface area contributed by atoms with Crippen LogP contribution in [0.2, 0.25) is 0 Å². The zero-order valence-corrected chi connectivity index (χ0v) is 16.2. The summed E-state index contributed by atoms with van der Waals surface area (Å²) in [4.78, 5) is 19.6. The van der Waals surface area contributed by atoms with E-state index < -0.39 is 0 Å². The number of aliphatic imine (C=N–C) groups is 1. The fourth-order valence-electron chi connectivity index (χ4n) is 3.13. The van der Waals surface area contributed by atoms with Gasteiger partial charge in [-0.15, -0.1) is 0 Å². The van der Waals surface area contributed by atoms with E-state index in [4.69, 9.17) is 9.47 Å². The molecule has 0 saturated carbocycles. The highest BCUT2D eigenvalue weighted by atomic mass is 16.5. The number of carbonyl (C=O) groups excluding carboxylic acids is 1. The van der Waals surface area contributed by atoms with Crippen LogP contribution in [0, 0.1) is 0 Å². The highest BCUT2D eigenvalue weighted by Crippen LogP contribution is 2.29. The van der Waals surface area contributed by atoms with E-state index in [-0.39, 0.29) is 5.91 Å². The molecule has 0 spiro atoms. The van der Waals surface area contributed by atoms with Crippen molar-refractivity contribution in [1.29, 1.82) is 0 Å². The summed E-state index contributed by atoms with van der Waals surface area (Å²) in [7, 11) is 3.23. The minimum absolute atomic E-state index is 0.176. The first kappa shape index (κ1) is 18.5. The van der Waals surface area contributed by atoms with Gasteiger partial charge in [0, 0.05) is 5.56 Å². The van der Waals surface area contributed by atoms with Crippen molar-refractivity contribution in [2.24, 2.45) is 4.99 Å². The highest BCUT2D eigenvalue weighted by Gasteiger charge is 2.32. The molecule has 29 heavy (non-hydrogen) atoms. The number of hydrogen-bond acceptors (Lipinski definition) is 4. The normalized spacial score (nSPS) is 14.8. The molecule has 0 unspecified atom stereocenters. The molecule has 3 aromatic rings. The number of benzene rings is 3. The number of carbonyl (C=O) groups is 1. The van der Waals surface area contributed by atoms with Crippen LogP contribution in [0.3, 0.4) is 0 Å². The topological polar surface area (TPSA) is 51.1 Å². The summed E-state index contributed by atoms with van der Waals surface area (Å²) in [5, 5.41) is 0. The first-order valence-electron chi connectivity index (χ1n) is 9.18. The Bertz CT molecular complexity index is 1070. The molecule has 0 bridgehead atoms. The number of ether oxygens (including phenoxy) is 2. The van der Waals surface area contributed by atoms with Gasteiger partial charge in [-0.05, 0) is 60.2 Å². The molecular formula is C24H20N2O3. The molecule has 1 heterocycles. The lowest BCUT2D eigenvalue weighted by molar-refractivity contribution is -0.113. The van der Waals surface area contributed by atoms with E-state index in [0.717, 1.165) is 28.3 Å². The number of rotatable bonds is 5. The maximum atomic E-state index is 13.3. The molecule has 0 fully saturated rings. The van der Waals surface area contributed by atoms with Gasteiger partial charge in [-0.3, -0.25) is 9.69 Å². The lowest BCUT2D eigenvalue weighted by Crippen LogP contribution is -2.32. The van der Waals surface area contributed by atoms with Crippen molar-refractivity contribution in [3.8, 4) is 11.5 Å². The van der Waals surface area contributed by atoms with Gasteiger partial charge in [-0.25, -0.2) is 4.99 Å². The van der Waals surface area contributed by atoms with Crippen molar-refractivity contribution in [2.75, 3.05) is 19.1 Å². The van der Waals surface area contributed by atoms with Gasteiger partial charge in [0.25, 0.3) is 5.91 Å². The minimum Gasteiger partial charge on any atom is -0.497 e. The molecule has 5 heteroatoms. The van der Waals surface area contributed by atoms with Crippen LogP contribution in [0.5, 0.6) is 11.5 Å². The number of anilines is 1. The fourth-order valence-corrected chi connectivity index (χ4v) is 3.13. The number of nitrogens with zero attached hydrogens (tertiary/aromatic N) is 2. The van der Waals surface area contributed by atoms with Crippen molar-refractivity contribution >= 4 is 23.5 Å². The lowest BCUT2D eigenvalue weighted by atomic mass is 10.1. The highest BCUT2D eigenvalue weighted by molar-refractivity contribution is 6.33. The van der Waals surface area contributed by atoms with Crippen LogP contribution in [-0.2, 0) is 4.79 Å². The summed E-state index contributed by atoms with van der Waals surface area (Å²) in [5.74, 6) is 1.87. The smallest absolute Gasteiger partial charge is 0.282 e. The van der Waals surface area contributed by atoms with Gasteiger partial charge in [-0.2, -0.15) is 0 Å². The molecule has 0 aromatic heterocycles. The summed E-state index contributed by atoms with van der Waals surface area (Å²) in [6, 6.07) is 24.5. The van der Waals surface area contributed by atoms with Gasteiger partial charge in [0.05, 0.1) is 19.9 Å². The second-order valence-electron chi connectivity index (χ2n) is 6.44. The number of amides is 1. The minimum atomic E-state index is -0.176. The summed E-state index contributed by atoms with van der Waals surface area (Å²) >= 11 is 0. The van der Waals surface area contributed by atoms with E-state index in [0.29, 0.717) is 11.5 Å². The van der Waals surface area contributed by atoms with Crippen LogP contribution < -0.4 is 14.4 Å². The monoisotopic (exact) mass is 384 g/mol. The average molecular weight is 384 g/mol. The fraction of sp³-hybridized carbons (Fsp3) is 0.0833. The first-order valence-corrected chi connectivity index (χ1v) is 9.18. The standard InChI is InChI=1S/C24H20N2O3/c1-28-20-12-8-18(9-13-20)23-25-22(16-17-6-4-3-5-7-17)24(27)26(23)19-10-14-21(29-2)15-11-19/h3-16H,1-2H3/b22-16+. The van der Waals surface area contributed by atoms with Crippen molar-refractivity contribution in [2.45, 2.75) is 0 Å².